The van der Waals surface area contributed by atoms with Crippen LogP contribution < -0.4 is 9.80 Å². The van der Waals surface area contributed by atoms with E-state index in [4.69, 9.17) is 11.6 Å². The maximum Gasteiger partial charge on any atom is 0.413 e. The minimum Gasteiger partial charge on any atom is -0.339 e. The molecule has 1 amide bonds. The molecule has 0 radical (unpaired) electrons. The predicted molar refractivity (Wildman–Crippen MR) is 134 cm³/mol. The van der Waals surface area contributed by atoms with Crippen molar-refractivity contribution >= 4 is 34.5 Å². The molecule has 12 heteroatoms. The number of carbonyl (C=O) groups is 1. The number of carbonyl (C=O) groups excluding carboxylic acids is 1. The molecule has 4 heterocycles. The third-order valence-corrected chi connectivity index (χ3v) is 7.51. The van der Waals surface area contributed by atoms with E-state index >= 15 is 0 Å². The summed E-state index contributed by atoms with van der Waals surface area (Å²) in [6.45, 7) is 3.88. The van der Waals surface area contributed by atoms with Gasteiger partial charge in [-0.25, -0.2) is 9.50 Å². The molecule has 1 N–H and O–H groups in total. The van der Waals surface area contributed by atoms with Gasteiger partial charge in [-0.3, -0.25) is 9.69 Å². The van der Waals surface area contributed by atoms with Crippen molar-refractivity contribution in [2.75, 3.05) is 58.3 Å². The zero-order chi connectivity index (χ0) is 26.3. The topological polar surface area (TPSA) is 61.4 Å². The number of hydrogen-bond donors (Lipinski definition) is 1. The molecule has 0 unspecified atom stereocenters. The van der Waals surface area contributed by atoms with Gasteiger partial charge >= 0.3 is 6.18 Å². The van der Waals surface area contributed by atoms with Crippen LogP contribution in [0.15, 0.2) is 36.5 Å². The Balaban J connectivity index is 1.37. The summed E-state index contributed by atoms with van der Waals surface area (Å²) in [5.74, 6) is -0.510. The summed E-state index contributed by atoms with van der Waals surface area (Å²) >= 11 is 6.06. The number of rotatable bonds is 5. The lowest BCUT2D eigenvalue weighted by atomic mass is 10.0. The summed E-state index contributed by atoms with van der Waals surface area (Å²) in [6.07, 6.45) is -1.21. The van der Waals surface area contributed by atoms with Crippen LogP contribution in [0.25, 0.3) is 5.65 Å². The number of aromatic nitrogens is 3. The zero-order valence-corrected chi connectivity index (χ0v) is 21.6. The van der Waals surface area contributed by atoms with E-state index in [0.29, 0.717) is 17.3 Å². The minimum absolute atomic E-state index is 0.0325. The van der Waals surface area contributed by atoms with E-state index in [0.717, 1.165) is 65.9 Å². The van der Waals surface area contributed by atoms with Crippen LogP contribution in [0.5, 0.6) is 0 Å². The Morgan fingerprint density at radius 1 is 1.19 bits per heavy atom. The SMILES string of the molecule is CN1CC[NH+](CC(=O)N(C)[C@@H](c2ccc(N3CCCc4c3cnc3cc(Cl)nn43)cc2)C(F)(F)F)CC1. The number of anilines is 2. The summed E-state index contributed by atoms with van der Waals surface area (Å²) < 4.78 is 44.3. The number of nitrogens with zero attached hydrogens (tertiary/aromatic N) is 6. The number of aryl methyl sites for hydroxylation is 1. The average molecular weight is 537 g/mol. The number of alkyl halides is 3. The number of piperazine rings is 1. The first-order valence-corrected chi connectivity index (χ1v) is 12.7. The highest BCUT2D eigenvalue weighted by Crippen LogP contribution is 2.39. The first kappa shape index (κ1) is 25.7. The van der Waals surface area contributed by atoms with Crippen molar-refractivity contribution in [1.29, 1.82) is 0 Å². The van der Waals surface area contributed by atoms with Gasteiger partial charge in [-0.05, 0) is 37.6 Å². The molecule has 37 heavy (non-hydrogen) atoms. The van der Waals surface area contributed by atoms with Crippen LogP contribution in [-0.4, -0.2) is 89.8 Å². The minimum atomic E-state index is -4.60. The van der Waals surface area contributed by atoms with Crippen LogP contribution >= 0.6 is 11.6 Å². The largest absolute Gasteiger partial charge is 0.413 e. The van der Waals surface area contributed by atoms with Crippen LogP contribution in [0.1, 0.15) is 23.7 Å². The van der Waals surface area contributed by atoms with Gasteiger partial charge in [-0.2, -0.15) is 18.3 Å². The van der Waals surface area contributed by atoms with Gasteiger partial charge in [0.25, 0.3) is 5.91 Å². The summed E-state index contributed by atoms with van der Waals surface area (Å²) in [5.41, 5.74) is 3.24. The zero-order valence-electron chi connectivity index (χ0n) is 20.8. The number of fused-ring (bicyclic) bond motifs is 3. The van der Waals surface area contributed by atoms with Gasteiger partial charge in [0.2, 0.25) is 0 Å². The van der Waals surface area contributed by atoms with Crippen LogP contribution in [0.3, 0.4) is 0 Å². The maximum absolute atomic E-state index is 14.2. The molecule has 0 aliphatic carbocycles. The molecule has 3 aromatic rings. The molecule has 2 aliphatic rings. The molecule has 2 aliphatic heterocycles. The Morgan fingerprint density at radius 3 is 2.57 bits per heavy atom. The van der Waals surface area contributed by atoms with Gasteiger partial charge in [-0.15, -0.1) is 0 Å². The van der Waals surface area contributed by atoms with Gasteiger partial charge in [0.05, 0.1) is 30.7 Å². The number of amides is 1. The van der Waals surface area contributed by atoms with Crippen LogP contribution in [-0.2, 0) is 11.2 Å². The lowest BCUT2D eigenvalue weighted by molar-refractivity contribution is -0.896. The Morgan fingerprint density at radius 2 is 1.89 bits per heavy atom. The van der Waals surface area contributed by atoms with E-state index in [1.54, 1.807) is 28.9 Å². The van der Waals surface area contributed by atoms with Gasteiger partial charge in [0, 0.05) is 38.4 Å². The fraction of sp³-hybridized carbons (Fsp3) is 0.480. The Kier molecular flexibility index (Phi) is 7.03. The molecule has 1 fully saturated rings. The normalized spacial score (nSPS) is 18.2. The fourth-order valence-electron chi connectivity index (χ4n) is 5.26. The van der Waals surface area contributed by atoms with E-state index in [1.807, 2.05) is 11.9 Å². The van der Waals surface area contributed by atoms with Crippen molar-refractivity contribution in [3.63, 3.8) is 0 Å². The van der Waals surface area contributed by atoms with Crippen molar-refractivity contribution in [1.82, 2.24) is 24.4 Å². The smallest absolute Gasteiger partial charge is 0.339 e. The van der Waals surface area contributed by atoms with Crippen molar-refractivity contribution < 1.29 is 22.9 Å². The summed E-state index contributed by atoms with van der Waals surface area (Å²) in [5, 5.41) is 4.68. The second kappa shape index (κ2) is 10.1. The standard InChI is InChI=1S/C25H29ClF3N7O/c1-32-10-12-34(13-11-32)16-23(37)33(2)24(25(27,28)29)17-5-7-18(8-6-17)35-9-3-4-19-20(35)15-30-22-14-21(26)31-36(19)22/h5-8,14-15,24H,3-4,9-13,16H2,1-2H3/p+1/t24-/m0/s1. The second-order valence-corrected chi connectivity index (χ2v) is 10.2. The number of benzene rings is 1. The Hall–Kier alpha value is -2.89. The summed E-state index contributed by atoms with van der Waals surface area (Å²) in [4.78, 5) is 23.4. The quantitative estimate of drug-likeness (QED) is 0.542. The first-order valence-electron chi connectivity index (χ1n) is 12.4. The molecule has 0 spiro atoms. The fourth-order valence-corrected chi connectivity index (χ4v) is 5.43. The monoisotopic (exact) mass is 536 g/mol. The second-order valence-electron chi connectivity index (χ2n) is 9.85. The molecule has 8 nitrogen and oxygen atoms in total. The number of likely N-dealkylation sites (N-methyl/N-ethyl adjacent to an activating group) is 2. The van der Waals surface area contributed by atoms with Crippen molar-refractivity contribution in [3.8, 4) is 0 Å². The van der Waals surface area contributed by atoms with Gasteiger partial charge in [0.15, 0.2) is 23.4 Å². The highest BCUT2D eigenvalue weighted by Gasteiger charge is 2.45. The molecular formula is C25H30ClF3N7O+. The van der Waals surface area contributed by atoms with E-state index in [9.17, 15) is 18.0 Å². The summed E-state index contributed by atoms with van der Waals surface area (Å²) in [6, 6.07) is 5.95. The van der Waals surface area contributed by atoms with Crippen LogP contribution in [0.4, 0.5) is 24.5 Å². The van der Waals surface area contributed by atoms with Crippen molar-refractivity contribution in [3.05, 3.63) is 52.9 Å². The third kappa shape index (κ3) is 5.25. The van der Waals surface area contributed by atoms with Gasteiger partial charge in [0.1, 0.15) is 0 Å². The number of nitrogens with one attached hydrogen (secondary N) is 1. The van der Waals surface area contributed by atoms with Crippen LogP contribution in [0.2, 0.25) is 5.15 Å². The Bertz CT molecular complexity index is 1270. The highest BCUT2D eigenvalue weighted by molar-refractivity contribution is 6.29. The van der Waals surface area contributed by atoms with E-state index in [1.165, 1.54) is 19.2 Å². The lowest BCUT2D eigenvalue weighted by Gasteiger charge is -2.34. The predicted octanol–water partition coefficient (Wildman–Crippen LogP) is 2.36. The third-order valence-electron chi connectivity index (χ3n) is 7.32. The van der Waals surface area contributed by atoms with Crippen molar-refractivity contribution in [2.24, 2.45) is 0 Å². The van der Waals surface area contributed by atoms with Crippen molar-refractivity contribution in [2.45, 2.75) is 25.1 Å². The molecule has 0 saturated carbocycles. The van der Waals surface area contributed by atoms with Gasteiger partial charge in [-0.1, -0.05) is 23.7 Å². The molecule has 1 atom stereocenters. The molecule has 0 bridgehead atoms. The molecule has 1 saturated heterocycles. The lowest BCUT2D eigenvalue weighted by Crippen LogP contribution is -3.15. The van der Waals surface area contributed by atoms with Gasteiger partial charge < -0.3 is 14.7 Å². The number of hydrogen-bond acceptors (Lipinski definition) is 5. The molecule has 1 aromatic carbocycles. The molecular weight excluding hydrogens is 507 g/mol. The van der Waals surface area contributed by atoms with E-state index < -0.39 is 18.1 Å². The summed E-state index contributed by atoms with van der Waals surface area (Å²) in [7, 11) is 3.25. The highest BCUT2D eigenvalue weighted by atomic mass is 35.5. The van der Waals surface area contributed by atoms with E-state index in [2.05, 4.69) is 15.0 Å². The first-order chi connectivity index (χ1) is 17.6. The molecule has 198 valence electrons. The number of halogens is 4. The molecule has 2 aromatic heterocycles. The average Bonchev–Trinajstić information content (AvgIpc) is 3.25. The number of quaternary nitrogens is 1. The Labute approximate surface area is 218 Å². The van der Waals surface area contributed by atoms with E-state index in [-0.39, 0.29) is 12.1 Å². The van der Waals surface area contributed by atoms with Crippen LogP contribution in [0, 0.1) is 0 Å². The maximum atomic E-state index is 14.2. The molecule has 5 rings (SSSR count).